The maximum atomic E-state index is 11.7. The van der Waals surface area contributed by atoms with Crippen molar-refractivity contribution in [2.24, 2.45) is 5.92 Å². The zero-order valence-electron chi connectivity index (χ0n) is 8.87. The molecule has 3 heteroatoms. The van der Waals surface area contributed by atoms with Crippen LogP contribution in [0.3, 0.4) is 0 Å². The number of furan rings is 1. The fourth-order valence-corrected chi connectivity index (χ4v) is 1.28. The number of carbonyl (C=O) groups excluding carboxylic acids is 1. The van der Waals surface area contributed by atoms with Crippen molar-refractivity contribution in [3.05, 3.63) is 23.7 Å². The minimum Gasteiger partial charge on any atom is -0.469 e. The number of hydrogen-bond acceptors (Lipinski definition) is 3. The van der Waals surface area contributed by atoms with Gasteiger partial charge in [0.25, 0.3) is 0 Å². The molecule has 1 rings (SSSR count). The maximum Gasteiger partial charge on any atom is 0.168 e. The average molecular weight is 196 g/mol. The summed E-state index contributed by atoms with van der Waals surface area (Å²) in [6.07, 6.45) is 2.26. The van der Waals surface area contributed by atoms with Gasteiger partial charge in [0, 0.05) is 19.6 Å². The van der Waals surface area contributed by atoms with Crippen molar-refractivity contribution in [3.8, 4) is 0 Å². The Labute approximate surface area is 84.1 Å². The van der Waals surface area contributed by atoms with E-state index in [1.165, 1.54) is 6.26 Å². The van der Waals surface area contributed by atoms with Gasteiger partial charge in [-0.2, -0.15) is 0 Å². The molecule has 0 saturated heterocycles. The van der Waals surface area contributed by atoms with Gasteiger partial charge in [-0.15, -0.1) is 0 Å². The Morgan fingerprint density at radius 3 is 2.86 bits per heavy atom. The molecule has 0 aromatic carbocycles. The molecule has 0 aliphatic carbocycles. The Morgan fingerprint density at radius 2 is 2.36 bits per heavy atom. The number of rotatable bonds is 5. The van der Waals surface area contributed by atoms with Gasteiger partial charge in [-0.25, -0.2) is 0 Å². The Kier molecular flexibility index (Phi) is 3.89. The molecule has 0 aliphatic rings. The summed E-state index contributed by atoms with van der Waals surface area (Å²) < 4.78 is 10.0. The first kappa shape index (κ1) is 11.0. The molecule has 14 heavy (non-hydrogen) atoms. The lowest BCUT2D eigenvalue weighted by Crippen LogP contribution is -2.12. The van der Waals surface area contributed by atoms with Crippen molar-refractivity contribution >= 4 is 5.78 Å². The second kappa shape index (κ2) is 4.96. The van der Waals surface area contributed by atoms with E-state index in [4.69, 9.17) is 9.15 Å². The van der Waals surface area contributed by atoms with Crippen molar-refractivity contribution in [1.29, 1.82) is 0 Å². The molecule has 0 amide bonds. The Bertz CT molecular complexity index is 301. The zero-order chi connectivity index (χ0) is 10.6. The number of aryl methyl sites for hydroxylation is 1. The Hall–Kier alpha value is -1.09. The molecule has 0 aliphatic heterocycles. The summed E-state index contributed by atoms with van der Waals surface area (Å²) in [5, 5.41) is 0. The van der Waals surface area contributed by atoms with E-state index < -0.39 is 0 Å². The predicted molar refractivity (Wildman–Crippen MR) is 53.4 cm³/mol. The Morgan fingerprint density at radius 1 is 1.64 bits per heavy atom. The molecule has 1 atom stereocenters. The fraction of sp³-hybridized carbons (Fsp3) is 0.545. The van der Waals surface area contributed by atoms with Gasteiger partial charge in [-0.05, 0) is 19.4 Å². The molecule has 0 radical (unpaired) electrons. The van der Waals surface area contributed by atoms with E-state index in [0.29, 0.717) is 12.2 Å². The molecule has 0 fully saturated rings. The van der Waals surface area contributed by atoms with Gasteiger partial charge >= 0.3 is 0 Å². The minimum atomic E-state index is -0.00745. The highest BCUT2D eigenvalue weighted by atomic mass is 16.5. The van der Waals surface area contributed by atoms with E-state index in [1.807, 2.05) is 13.8 Å². The van der Waals surface area contributed by atoms with Crippen molar-refractivity contribution in [1.82, 2.24) is 0 Å². The first-order chi connectivity index (χ1) is 6.65. The zero-order valence-corrected chi connectivity index (χ0v) is 8.87. The van der Waals surface area contributed by atoms with Gasteiger partial charge in [0.15, 0.2) is 5.78 Å². The first-order valence-corrected chi connectivity index (χ1v) is 4.73. The van der Waals surface area contributed by atoms with Gasteiger partial charge in [-0.3, -0.25) is 4.79 Å². The summed E-state index contributed by atoms with van der Waals surface area (Å²) in [7, 11) is 1.64. The largest absolute Gasteiger partial charge is 0.469 e. The Balaban J connectivity index is 2.56. The highest BCUT2D eigenvalue weighted by molar-refractivity contribution is 5.97. The van der Waals surface area contributed by atoms with E-state index >= 15 is 0 Å². The van der Waals surface area contributed by atoms with Gasteiger partial charge in [0.05, 0.1) is 5.56 Å². The normalized spacial score (nSPS) is 12.8. The number of methoxy groups -OCH3 is 1. The molecule has 78 valence electrons. The molecule has 1 aromatic heterocycles. The summed E-state index contributed by atoms with van der Waals surface area (Å²) >= 11 is 0. The van der Waals surface area contributed by atoms with Gasteiger partial charge in [-0.1, -0.05) is 6.92 Å². The predicted octanol–water partition coefficient (Wildman–Crippen LogP) is 2.44. The van der Waals surface area contributed by atoms with Crippen LogP contribution in [0, 0.1) is 12.8 Å². The third-order valence-electron chi connectivity index (χ3n) is 2.22. The number of carbonyl (C=O) groups is 1. The number of hydrogen-bond donors (Lipinski definition) is 0. The second-order valence-electron chi connectivity index (χ2n) is 3.49. The molecule has 0 bridgehead atoms. The summed E-state index contributed by atoms with van der Waals surface area (Å²) in [5.41, 5.74) is 0.658. The fourth-order valence-electron chi connectivity index (χ4n) is 1.28. The monoisotopic (exact) mass is 196 g/mol. The summed E-state index contributed by atoms with van der Waals surface area (Å²) in [5.74, 6) is 0.887. The molecule has 1 aromatic rings. The third-order valence-corrected chi connectivity index (χ3v) is 2.22. The number of Topliss-reactive ketones (excluding diaryl/α,β-unsaturated/α-hetero) is 1. The first-order valence-electron chi connectivity index (χ1n) is 4.73. The van der Waals surface area contributed by atoms with Crippen LogP contribution in [-0.4, -0.2) is 19.5 Å². The topological polar surface area (TPSA) is 39.4 Å². The standard InChI is InChI=1S/C11H16O3/c1-8(4-5-13-3)11(12)10-6-9(2)14-7-10/h6-8H,4-5H2,1-3H3. The van der Waals surface area contributed by atoms with Crippen molar-refractivity contribution < 1.29 is 13.9 Å². The SMILES string of the molecule is COCCC(C)C(=O)c1coc(C)c1. The molecule has 0 spiro atoms. The molecule has 0 saturated carbocycles. The van der Waals surface area contributed by atoms with Crippen LogP contribution in [0.1, 0.15) is 29.5 Å². The minimum absolute atomic E-state index is 0.00745. The van der Waals surface area contributed by atoms with E-state index in [2.05, 4.69) is 0 Å². The molecule has 1 unspecified atom stereocenters. The van der Waals surface area contributed by atoms with Crippen molar-refractivity contribution in [3.63, 3.8) is 0 Å². The highest BCUT2D eigenvalue weighted by Gasteiger charge is 2.16. The lowest BCUT2D eigenvalue weighted by Gasteiger charge is -2.07. The van der Waals surface area contributed by atoms with Crippen LogP contribution >= 0.6 is 0 Å². The van der Waals surface area contributed by atoms with E-state index in [9.17, 15) is 4.79 Å². The van der Waals surface area contributed by atoms with E-state index in [-0.39, 0.29) is 11.7 Å². The summed E-state index contributed by atoms with van der Waals surface area (Å²) in [6.45, 7) is 4.35. The van der Waals surface area contributed by atoms with Crippen LogP contribution in [0.5, 0.6) is 0 Å². The average Bonchev–Trinajstić information content (AvgIpc) is 2.60. The van der Waals surface area contributed by atoms with Gasteiger partial charge in [0.2, 0.25) is 0 Å². The summed E-state index contributed by atoms with van der Waals surface area (Å²) in [4.78, 5) is 11.7. The van der Waals surface area contributed by atoms with Gasteiger partial charge < -0.3 is 9.15 Å². The number of ketones is 1. The molecular weight excluding hydrogens is 180 g/mol. The lowest BCUT2D eigenvalue weighted by molar-refractivity contribution is 0.0893. The highest BCUT2D eigenvalue weighted by Crippen LogP contribution is 2.14. The summed E-state index contributed by atoms with van der Waals surface area (Å²) in [6, 6.07) is 1.77. The third kappa shape index (κ3) is 2.70. The number of ether oxygens (including phenoxy) is 1. The van der Waals surface area contributed by atoms with Gasteiger partial charge in [0.1, 0.15) is 12.0 Å². The maximum absolute atomic E-state index is 11.7. The van der Waals surface area contributed by atoms with Crippen molar-refractivity contribution in [2.45, 2.75) is 20.3 Å². The van der Waals surface area contributed by atoms with Crippen LogP contribution in [0.15, 0.2) is 16.7 Å². The van der Waals surface area contributed by atoms with Crippen LogP contribution < -0.4 is 0 Å². The van der Waals surface area contributed by atoms with E-state index in [0.717, 1.165) is 12.2 Å². The van der Waals surface area contributed by atoms with Crippen LogP contribution in [-0.2, 0) is 4.74 Å². The van der Waals surface area contributed by atoms with E-state index in [1.54, 1.807) is 13.2 Å². The van der Waals surface area contributed by atoms with Crippen LogP contribution in [0.2, 0.25) is 0 Å². The molecule has 1 heterocycles. The molecule has 3 nitrogen and oxygen atoms in total. The van der Waals surface area contributed by atoms with Crippen molar-refractivity contribution in [2.75, 3.05) is 13.7 Å². The quantitative estimate of drug-likeness (QED) is 0.679. The van der Waals surface area contributed by atoms with Crippen LogP contribution in [0.25, 0.3) is 0 Å². The second-order valence-corrected chi connectivity index (χ2v) is 3.49. The lowest BCUT2D eigenvalue weighted by atomic mass is 9.98. The smallest absolute Gasteiger partial charge is 0.168 e. The van der Waals surface area contributed by atoms with Crippen LogP contribution in [0.4, 0.5) is 0 Å². The molecule has 0 N–H and O–H groups in total. The molecular formula is C11H16O3.